The van der Waals surface area contributed by atoms with Crippen molar-refractivity contribution in [2.75, 3.05) is 0 Å². The highest BCUT2D eigenvalue weighted by Crippen LogP contribution is 2.07. The van der Waals surface area contributed by atoms with Gasteiger partial charge in [0.2, 0.25) is 0 Å². The Balaban J connectivity index is -0.000000405. The predicted molar refractivity (Wildman–Crippen MR) is 63.6 cm³/mol. The van der Waals surface area contributed by atoms with Crippen LogP contribution in [0, 0.1) is 0 Å². The van der Waals surface area contributed by atoms with Crippen LogP contribution in [0.25, 0.3) is 0 Å². The van der Waals surface area contributed by atoms with Crippen molar-refractivity contribution in [1.29, 1.82) is 0 Å². The topological polar surface area (TPSA) is 35.0 Å². The lowest BCUT2D eigenvalue weighted by Crippen LogP contribution is -1.77. The fourth-order valence-electron chi connectivity index (χ4n) is 1.21. The largest absolute Gasteiger partial charge is 0.344 e. The minimum absolute atomic E-state index is 0. The summed E-state index contributed by atoms with van der Waals surface area (Å²) in [6, 6.07) is 0. The molecular weight excluding hydrogens is 214 g/mol. The highest BCUT2D eigenvalue weighted by atomic mass is 79.9. The third-order valence-corrected chi connectivity index (χ3v) is 1.96. The number of hydrogen-bond donors (Lipinski definition) is 1. The molecule has 0 unspecified atom stereocenters. The van der Waals surface area contributed by atoms with E-state index in [0.717, 1.165) is 0 Å². The summed E-state index contributed by atoms with van der Waals surface area (Å²) in [5.41, 5.74) is 0. The lowest BCUT2D eigenvalue weighted by molar-refractivity contribution is 0.585. The molecule has 0 aliphatic heterocycles. The molecule has 0 aromatic carbocycles. The van der Waals surface area contributed by atoms with Gasteiger partial charge < -0.3 is 6.15 Å². The fourth-order valence-corrected chi connectivity index (χ4v) is 1.21. The van der Waals surface area contributed by atoms with Crippen LogP contribution in [0.2, 0.25) is 0 Å². The number of unbranched alkanes of at least 4 members (excludes halogenated alkanes) is 7. The van der Waals surface area contributed by atoms with Crippen LogP contribution in [0.5, 0.6) is 0 Å². The van der Waals surface area contributed by atoms with Crippen molar-refractivity contribution in [3.8, 4) is 0 Å². The summed E-state index contributed by atoms with van der Waals surface area (Å²) < 4.78 is 0. The third kappa shape index (κ3) is 16.8. The smallest absolute Gasteiger partial charge is 0.0533 e. The van der Waals surface area contributed by atoms with E-state index in [9.17, 15) is 0 Å². The minimum Gasteiger partial charge on any atom is -0.344 e. The van der Waals surface area contributed by atoms with E-state index in [0.29, 0.717) is 0 Å². The Morgan fingerprint density at radius 3 is 1.08 bits per heavy atom. The van der Waals surface area contributed by atoms with Crippen LogP contribution in [0.4, 0.5) is 0 Å². The van der Waals surface area contributed by atoms with Gasteiger partial charge in [-0.3, -0.25) is 0 Å². The second-order valence-corrected chi connectivity index (χ2v) is 3.12. The fraction of sp³-hybridized carbons (Fsp3) is 1.00. The molecule has 0 atom stereocenters. The average molecular weight is 240 g/mol. The predicted octanol–water partition coefficient (Wildman–Crippen LogP) is 4.89. The van der Waals surface area contributed by atoms with Gasteiger partial charge in [-0.1, -0.05) is 65.2 Å². The Morgan fingerprint density at radius 1 is 0.583 bits per heavy atom. The highest BCUT2D eigenvalue weighted by molar-refractivity contribution is 8.93. The van der Waals surface area contributed by atoms with E-state index in [1.165, 1.54) is 51.4 Å². The monoisotopic (exact) mass is 239 g/mol. The zero-order chi connectivity index (χ0) is 7.66. The second kappa shape index (κ2) is 17.5. The molecule has 0 spiro atoms. The zero-order valence-electron chi connectivity index (χ0n) is 8.77. The normalized spacial score (nSPS) is 8.50. The summed E-state index contributed by atoms with van der Waals surface area (Å²) >= 11 is 0. The number of hydrogen-bond acceptors (Lipinski definition) is 1. The van der Waals surface area contributed by atoms with Crippen molar-refractivity contribution < 1.29 is 0 Å². The summed E-state index contributed by atoms with van der Waals surface area (Å²) in [6.07, 6.45) is 11.5. The van der Waals surface area contributed by atoms with Gasteiger partial charge in [-0.2, -0.15) is 0 Å². The molecule has 1 nitrogen and oxygen atoms in total. The van der Waals surface area contributed by atoms with Crippen LogP contribution in [-0.4, -0.2) is 0 Å². The lowest BCUT2D eigenvalue weighted by atomic mass is 10.1. The van der Waals surface area contributed by atoms with Gasteiger partial charge in [0.15, 0.2) is 0 Å². The van der Waals surface area contributed by atoms with Crippen LogP contribution in [-0.2, 0) is 0 Å². The van der Waals surface area contributed by atoms with Crippen LogP contribution >= 0.6 is 17.0 Å². The van der Waals surface area contributed by atoms with Gasteiger partial charge in [0.05, 0.1) is 0 Å². The maximum absolute atomic E-state index is 2.27. The zero-order valence-corrected chi connectivity index (χ0v) is 10.5. The molecule has 0 aliphatic carbocycles. The minimum atomic E-state index is 0. The van der Waals surface area contributed by atoms with Crippen LogP contribution in [0.15, 0.2) is 0 Å². The maximum atomic E-state index is 2.27. The van der Waals surface area contributed by atoms with E-state index in [2.05, 4.69) is 13.8 Å². The van der Waals surface area contributed by atoms with Crippen molar-refractivity contribution in [1.82, 2.24) is 6.15 Å². The first-order chi connectivity index (χ1) is 4.91. The van der Waals surface area contributed by atoms with E-state index in [-0.39, 0.29) is 23.1 Å². The summed E-state index contributed by atoms with van der Waals surface area (Å²) in [5.74, 6) is 0. The van der Waals surface area contributed by atoms with E-state index in [4.69, 9.17) is 0 Å². The third-order valence-electron chi connectivity index (χ3n) is 1.96. The summed E-state index contributed by atoms with van der Waals surface area (Å²) in [5, 5.41) is 0. The average Bonchev–Trinajstić information content (AvgIpc) is 1.97. The first-order valence-corrected chi connectivity index (χ1v) is 4.91. The summed E-state index contributed by atoms with van der Waals surface area (Å²) in [6.45, 7) is 4.54. The molecule has 0 fully saturated rings. The molecule has 0 bridgehead atoms. The van der Waals surface area contributed by atoms with Crippen molar-refractivity contribution in [3.05, 3.63) is 0 Å². The summed E-state index contributed by atoms with van der Waals surface area (Å²) in [7, 11) is 0. The molecule has 0 amide bonds. The first kappa shape index (κ1) is 18.3. The van der Waals surface area contributed by atoms with Crippen LogP contribution in [0.3, 0.4) is 0 Å². The molecule has 2 heteroatoms. The van der Waals surface area contributed by atoms with Gasteiger partial charge in [0, 0.05) is 0 Å². The summed E-state index contributed by atoms with van der Waals surface area (Å²) in [4.78, 5) is 0. The lowest BCUT2D eigenvalue weighted by Gasteiger charge is -1.97. The SMILES string of the molecule is Br.CCCCCCCCCC.N. The van der Waals surface area contributed by atoms with Crippen molar-refractivity contribution >= 4 is 17.0 Å². The van der Waals surface area contributed by atoms with Crippen molar-refractivity contribution in [2.45, 2.75) is 65.2 Å². The standard InChI is InChI=1S/C10H22.BrH.H3N/c1-3-5-7-9-10-8-6-4-2;;/h3-10H2,1-2H3;1H;1H3. The quantitative estimate of drug-likeness (QED) is 0.632. The molecule has 12 heavy (non-hydrogen) atoms. The molecule has 3 N–H and O–H groups in total. The van der Waals surface area contributed by atoms with E-state index < -0.39 is 0 Å². The molecule has 78 valence electrons. The number of halogens is 1. The van der Waals surface area contributed by atoms with Crippen molar-refractivity contribution in [3.63, 3.8) is 0 Å². The Kier molecular flexibility index (Phi) is 26.6. The van der Waals surface area contributed by atoms with Gasteiger partial charge in [-0.25, -0.2) is 0 Å². The molecule has 0 rings (SSSR count). The molecule has 0 radical (unpaired) electrons. The van der Waals surface area contributed by atoms with E-state index >= 15 is 0 Å². The van der Waals surface area contributed by atoms with E-state index in [1.807, 2.05) is 0 Å². The van der Waals surface area contributed by atoms with Gasteiger partial charge in [0.1, 0.15) is 0 Å². The Morgan fingerprint density at radius 2 is 0.833 bits per heavy atom. The molecular formula is C10H26BrN. The molecule has 0 saturated carbocycles. The Bertz CT molecular complexity index is 49.8. The van der Waals surface area contributed by atoms with Crippen LogP contribution < -0.4 is 6.15 Å². The Hall–Kier alpha value is 0.440. The molecule has 0 aromatic rings. The van der Waals surface area contributed by atoms with Gasteiger partial charge in [-0.05, 0) is 0 Å². The van der Waals surface area contributed by atoms with E-state index in [1.54, 1.807) is 0 Å². The molecule has 0 aromatic heterocycles. The Labute approximate surface area is 88.7 Å². The van der Waals surface area contributed by atoms with Gasteiger partial charge in [0.25, 0.3) is 0 Å². The van der Waals surface area contributed by atoms with Crippen LogP contribution in [0.1, 0.15) is 65.2 Å². The van der Waals surface area contributed by atoms with Gasteiger partial charge >= 0.3 is 0 Å². The highest BCUT2D eigenvalue weighted by Gasteiger charge is 1.87. The molecule has 0 heterocycles. The molecule has 0 aliphatic rings. The first-order valence-electron chi connectivity index (χ1n) is 4.91. The van der Waals surface area contributed by atoms with Crippen molar-refractivity contribution in [2.24, 2.45) is 0 Å². The maximum Gasteiger partial charge on any atom is -0.0533 e. The molecule has 0 saturated heterocycles. The van der Waals surface area contributed by atoms with Gasteiger partial charge in [-0.15, -0.1) is 17.0 Å². The second-order valence-electron chi connectivity index (χ2n) is 3.12. The number of rotatable bonds is 7.